The van der Waals surface area contributed by atoms with Crippen molar-refractivity contribution in [2.75, 3.05) is 32.8 Å². The van der Waals surface area contributed by atoms with Gasteiger partial charge >= 0.3 is 12.1 Å². The summed E-state index contributed by atoms with van der Waals surface area (Å²) in [7, 11) is 0. The SMILES string of the molecule is CC(C)(C)OC(=O)N1CC(C2CN(C3CC(C)(C(=O)O)C3)CCO2)C1. The van der Waals surface area contributed by atoms with Gasteiger partial charge < -0.3 is 19.5 Å². The molecule has 7 heteroatoms. The molecular formula is C18H30N2O5. The summed E-state index contributed by atoms with van der Waals surface area (Å²) in [5.41, 5.74) is -1.04. The lowest BCUT2D eigenvalue weighted by molar-refractivity contribution is -0.162. The largest absolute Gasteiger partial charge is 0.481 e. The number of nitrogens with zero attached hydrogens (tertiary/aromatic N) is 2. The first-order valence-corrected chi connectivity index (χ1v) is 9.14. The summed E-state index contributed by atoms with van der Waals surface area (Å²) in [6.45, 7) is 11.1. The number of rotatable bonds is 3. The molecule has 0 aromatic heterocycles. The summed E-state index contributed by atoms with van der Waals surface area (Å²) >= 11 is 0. The van der Waals surface area contributed by atoms with Crippen molar-refractivity contribution in [1.82, 2.24) is 9.80 Å². The molecule has 3 fully saturated rings. The summed E-state index contributed by atoms with van der Waals surface area (Å²) < 4.78 is 11.3. The Balaban J connectivity index is 1.45. The van der Waals surface area contributed by atoms with Crippen molar-refractivity contribution in [3.8, 4) is 0 Å². The Morgan fingerprint density at radius 2 is 1.84 bits per heavy atom. The molecule has 2 saturated heterocycles. The lowest BCUT2D eigenvalue weighted by Crippen LogP contribution is -2.62. The van der Waals surface area contributed by atoms with Gasteiger partial charge in [-0.1, -0.05) is 0 Å². The van der Waals surface area contributed by atoms with E-state index in [0.29, 0.717) is 44.5 Å². The molecule has 25 heavy (non-hydrogen) atoms. The van der Waals surface area contributed by atoms with Crippen molar-refractivity contribution < 1.29 is 24.2 Å². The van der Waals surface area contributed by atoms with E-state index in [2.05, 4.69) is 4.90 Å². The number of aliphatic carboxylic acids is 1. The number of carboxylic acid groups (broad SMARTS) is 1. The van der Waals surface area contributed by atoms with E-state index in [9.17, 15) is 14.7 Å². The number of hydrogen-bond donors (Lipinski definition) is 1. The van der Waals surface area contributed by atoms with Crippen LogP contribution < -0.4 is 0 Å². The molecule has 3 rings (SSSR count). The number of morpholine rings is 1. The van der Waals surface area contributed by atoms with Gasteiger partial charge in [0.25, 0.3) is 0 Å². The average Bonchev–Trinajstić information content (AvgIpc) is 2.40. The van der Waals surface area contributed by atoms with Crippen molar-refractivity contribution in [1.29, 1.82) is 0 Å². The van der Waals surface area contributed by atoms with Crippen LogP contribution in [0.25, 0.3) is 0 Å². The molecule has 1 N–H and O–H groups in total. The van der Waals surface area contributed by atoms with E-state index in [4.69, 9.17) is 9.47 Å². The summed E-state index contributed by atoms with van der Waals surface area (Å²) in [6, 6.07) is 0.342. The van der Waals surface area contributed by atoms with Crippen LogP contribution >= 0.6 is 0 Å². The molecule has 0 spiro atoms. The van der Waals surface area contributed by atoms with E-state index in [0.717, 1.165) is 13.1 Å². The quantitative estimate of drug-likeness (QED) is 0.833. The summed E-state index contributed by atoms with van der Waals surface area (Å²) in [4.78, 5) is 27.4. The Kier molecular flexibility index (Phi) is 4.75. The van der Waals surface area contributed by atoms with Crippen LogP contribution in [0, 0.1) is 11.3 Å². The van der Waals surface area contributed by atoms with Crippen LogP contribution in [0.1, 0.15) is 40.5 Å². The van der Waals surface area contributed by atoms with Gasteiger partial charge in [-0.15, -0.1) is 0 Å². The molecule has 0 radical (unpaired) electrons. The molecule has 1 amide bonds. The highest BCUT2D eigenvalue weighted by Gasteiger charge is 2.50. The van der Waals surface area contributed by atoms with Crippen LogP contribution in [0.2, 0.25) is 0 Å². The van der Waals surface area contributed by atoms with Gasteiger partial charge in [0.1, 0.15) is 5.60 Å². The van der Waals surface area contributed by atoms with E-state index in [1.807, 2.05) is 27.7 Å². The second kappa shape index (κ2) is 6.43. The molecule has 1 unspecified atom stereocenters. The maximum absolute atomic E-state index is 12.0. The predicted octanol–water partition coefficient (Wildman–Crippen LogP) is 1.81. The van der Waals surface area contributed by atoms with Crippen LogP contribution in [0.4, 0.5) is 4.79 Å². The van der Waals surface area contributed by atoms with Crippen molar-refractivity contribution in [2.24, 2.45) is 11.3 Å². The van der Waals surface area contributed by atoms with Gasteiger partial charge in [-0.3, -0.25) is 9.69 Å². The average molecular weight is 354 g/mol. The molecule has 1 atom stereocenters. The second-order valence-corrected chi connectivity index (χ2v) is 8.98. The Hall–Kier alpha value is -1.34. The molecule has 3 aliphatic rings. The monoisotopic (exact) mass is 354 g/mol. The number of likely N-dealkylation sites (tertiary alicyclic amines) is 1. The first kappa shape index (κ1) is 18.5. The maximum atomic E-state index is 12.0. The van der Waals surface area contributed by atoms with Crippen molar-refractivity contribution in [2.45, 2.75) is 58.3 Å². The molecule has 0 aromatic carbocycles. The highest BCUT2D eigenvalue weighted by molar-refractivity contribution is 5.75. The first-order valence-electron chi connectivity index (χ1n) is 9.14. The lowest BCUT2D eigenvalue weighted by atomic mass is 9.66. The van der Waals surface area contributed by atoms with Gasteiger partial charge in [0.05, 0.1) is 18.1 Å². The standard InChI is InChI=1S/C18H30N2O5/c1-17(2,3)25-16(23)20-9-12(10-20)14-11-19(5-6-24-14)13-7-18(4,8-13)15(21)22/h12-14H,5-11H2,1-4H3,(H,21,22). The molecule has 0 aromatic rings. The molecule has 2 heterocycles. The maximum Gasteiger partial charge on any atom is 0.410 e. The van der Waals surface area contributed by atoms with Gasteiger partial charge in [0, 0.05) is 38.1 Å². The molecule has 7 nitrogen and oxygen atoms in total. The van der Waals surface area contributed by atoms with E-state index >= 15 is 0 Å². The number of carbonyl (C=O) groups excluding carboxylic acids is 1. The van der Waals surface area contributed by atoms with Crippen LogP contribution in [0.5, 0.6) is 0 Å². The zero-order chi connectivity index (χ0) is 18.4. The lowest BCUT2D eigenvalue weighted by Gasteiger charge is -2.52. The minimum Gasteiger partial charge on any atom is -0.481 e. The number of amides is 1. The fourth-order valence-corrected chi connectivity index (χ4v) is 3.95. The van der Waals surface area contributed by atoms with E-state index in [1.54, 1.807) is 4.90 Å². The van der Waals surface area contributed by atoms with Crippen molar-refractivity contribution >= 4 is 12.1 Å². The Morgan fingerprint density at radius 1 is 1.20 bits per heavy atom. The summed E-state index contributed by atoms with van der Waals surface area (Å²) in [5, 5.41) is 9.27. The van der Waals surface area contributed by atoms with Gasteiger partial charge in [-0.25, -0.2) is 4.79 Å². The van der Waals surface area contributed by atoms with Crippen LogP contribution in [0.3, 0.4) is 0 Å². The Labute approximate surface area is 149 Å². The first-order chi connectivity index (χ1) is 11.6. The van der Waals surface area contributed by atoms with Gasteiger partial charge in [-0.2, -0.15) is 0 Å². The number of hydrogen-bond acceptors (Lipinski definition) is 5. The third-order valence-electron chi connectivity index (χ3n) is 5.62. The Morgan fingerprint density at radius 3 is 2.40 bits per heavy atom. The molecule has 2 aliphatic heterocycles. The fraction of sp³-hybridized carbons (Fsp3) is 0.889. The minimum atomic E-state index is -0.694. The number of carboxylic acids is 1. The van der Waals surface area contributed by atoms with Gasteiger partial charge in [0.2, 0.25) is 0 Å². The predicted molar refractivity (Wildman–Crippen MR) is 91.4 cm³/mol. The molecule has 0 bridgehead atoms. The second-order valence-electron chi connectivity index (χ2n) is 8.98. The van der Waals surface area contributed by atoms with Crippen LogP contribution in [-0.4, -0.2) is 77.5 Å². The zero-order valence-electron chi connectivity index (χ0n) is 15.7. The van der Waals surface area contributed by atoms with Crippen LogP contribution in [0.15, 0.2) is 0 Å². The van der Waals surface area contributed by atoms with Crippen LogP contribution in [-0.2, 0) is 14.3 Å². The zero-order valence-corrected chi connectivity index (χ0v) is 15.7. The third kappa shape index (κ3) is 3.92. The topological polar surface area (TPSA) is 79.3 Å². The van der Waals surface area contributed by atoms with E-state index in [-0.39, 0.29) is 12.2 Å². The van der Waals surface area contributed by atoms with Gasteiger partial charge in [-0.05, 0) is 40.5 Å². The van der Waals surface area contributed by atoms with Gasteiger partial charge in [0.15, 0.2) is 0 Å². The summed E-state index contributed by atoms with van der Waals surface area (Å²) in [5.74, 6) is -0.359. The molecule has 1 aliphatic carbocycles. The third-order valence-corrected chi connectivity index (χ3v) is 5.62. The molecule has 1 saturated carbocycles. The van der Waals surface area contributed by atoms with E-state index < -0.39 is 17.0 Å². The minimum absolute atomic E-state index is 0.115. The number of carbonyl (C=O) groups is 2. The normalized spacial score (nSPS) is 34.2. The highest BCUT2D eigenvalue weighted by atomic mass is 16.6. The molecule has 142 valence electrons. The smallest absolute Gasteiger partial charge is 0.410 e. The van der Waals surface area contributed by atoms with Crippen molar-refractivity contribution in [3.63, 3.8) is 0 Å². The molecular weight excluding hydrogens is 324 g/mol. The Bertz CT molecular complexity index is 532. The summed E-state index contributed by atoms with van der Waals surface area (Å²) in [6.07, 6.45) is 1.28. The van der Waals surface area contributed by atoms with Crippen molar-refractivity contribution in [3.05, 3.63) is 0 Å². The fourth-order valence-electron chi connectivity index (χ4n) is 3.95. The number of ether oxygens (including phenoxy) is 2. The highest BCUT2D eigenvalue weighted by Crippen LogP contribution is 2.44. The van der Waals surface area contributed by atoms with E-state index in [1.165, 1.54) is 0 Å².